The summed E-state index contributed by atoms with van der Waals surface area (Å²) in [6, 6.07) is 83.1. The van der Waals surface area contributed by atoms with Crippen LogP contribution in [0.4, 0.5) is 34.1 Å². The molecule has 0 saturated heterocycles. The SMILES string of the molecule is c1ccc(-c2cc3c4c(c2)N(c2ccccc2-c2ccccc2)c2cc5c(cc2B4c2ccccc2O3)B2c3ccccc3Oc3cc(N(c4ccccc4)c4ccccc4)cc(c32)S5)cc1. The minimum absolute atomic E-state index is 0.0473. The lowest BCUT2D eigenvalue weighted by Gasteiger charge is -2.42. The zero-order valence-electron chi connectivity index (χ0n) is 36.2. The number of hydrogen-bond acceptors (Lipinski definition) is 5. The summed E-state index contributed by atoms with van der Waals surface area (Å²) in [5, 5.41) is 0. The molecule has 0 bridgehead atoms. The molecule has 312 valence electrons. The van der Waals surface area contributed by atoms with E-state index in [1.807, 2.05) is 11.8 Å². The maximum absolute atomic E-state index is 7.02. The first-order chi connectivity index (χ1) is 33.2. The second kappa shape index (κ2) is 15.2. The van der Waals surface area contributed by atoms with Crippen LogP contribution in [-0.4, -0.2) is 13.4 Å². The summed E-state index contributed by atoms with van der Waals surface area (Å²) in [4.78, 5) is 7.28. The van der Waals surface area contributed by atoms with Crippen molar-refractivity contribution in [3.63, 3.8) is 0 Å². The van der Waals surface area contributed by atoms with Gasteiger partial charge in [0.1, 0.15) is 23.0 Å². The highest BCUT2D eigenvalue weighted by Crippen LogP contribution is 2.49. The van der Waals surface area contributed by atoms with Crippen molar-refractivity contribution in [3.8, 4) is 45.3 Å². The topological polar surface area (TPSA) is 24.9 Å². The fraction of sp³-hybridized carbons (Fsp3) is 0. The van der Waals surface area contributed by atoms with Gasteiger partial charge in [-0.15, -0.1) is 0 Å². The lowest BCUT2D eigenvalue weighted by Crippen LogP contribution is -2.63. The van der Waals surface area contributed by atoms with E-state index >= 15 is 0 Å². The number of rotatable bonds is 6. The molecule has 0 aromatic heterocycles. The largest absolute Gasteiger partial charge is 0.458 e. The fourth-order valence-electron chi connectivity index (χ4n) is 10.9. The molecule has 4 aliphatic heterocycles. The Morgan fingerprint density at radius 1 is 0.343 bits per heavy atom. The number of para-hydroxylation sites is 5. The molecular weight excluding hydrogens is 834 g/mol. The molecule has 7 heteroatoms. The molecule has 0 fully saturated rings. The van der Waals surface area contributed by atoms with Crippen LogP contribution in [-0.2, 0) is 0 Å². The standard InChI is InChI=1S/C60H38B2N2O2S/c1-5-19-39(20-6-1)41-33-52-59-55(34-41)65-53-31-17-14-28-46(53)61(59)48-37-49-57(38-51(48)64(52)50-30-16-13-27-45(50)40-21-7-2-8-22-40)67-58-36-44(35-56-60(58)62(49)47-29-15-18-32-54(47)66-56)63(42-23-9-3-10-24-42)43-25-11-4-12-26-43/h1-38H. The summed E-state index contributed by atoms with van der Waals surface area (Å²) in [6.45, 7) is -0.122. The molecule has 10 aromatic rings. The first-order valence-corrected chi connectivity index (χ1v) is 23.7. The van der Waals surface area contributed by atoms with Crippen LogP contribution in [0.1, 0.15) is 0 Å². The third-order valence-corrected chi connectivity index (χ3v) is 14.9. The van der Waals surface area contributed by atoms with Gasteiger partial charge in [0.25, 0.3) is 13.4 Å². The molecular formula is C60H38B2N2O2S. The lowest BCUT2D eigenvalue weighted by molar-refractivity contribution is 0.486. The minimum Gasteiger partial charge on any atom is -0.458 e. The average molecular weight is 873 g/mol. The maximum Gasteiger partial charge on any atom is 0.256 e. The molecule has 4 nitrogen and oxygen atoms in total. The molecule has 0 radical (unpaired) electrons. The van der Waals surface area contributed by atoms with Crippen molar-refractivity contribution in [1.82, 2.24) is 0 Å². The van der Waals surface area contributed by atoms with Crippen LogP contribution in [0.2, 0.25) is 0 Å². The third kappa shape index (κ3) is 6.05. The highest BCUT2D eigenvalue weighted by Gasteiger charge is 2.46. The Labute approximate surface area is 394 Å². The summed E-state index contributed by atoms with van der Waals surface area (Å²) in [7, 11) is 0. The van der Waals surface area contributed by atoms with E-state index in [0.717, 1.165) is 79.4 Å². The predicted molar refractivity (Wildman–Crippen MR) is 280 cm³/mol. The van der Waals surface area contributed by atoms with E-state index < -0.39 is 0 Å². The average Bonchev–Trinajstić information content (AvgIpc) is 3.39. The Bertz CT molecular complexity index is 3550. The zero-order chi connectivity index (χ0) is 44.0. The van der Waals surface area contributed by atoms with Crippen LogP contribution in [0.25, 0.3) is 22.3 Å². The Morgan fingerprint density at radius 2 is 0.896 bits per heavy atom. The van der Waals surface area contributed by atoms with E-state index in [2.05, 4.69) is 240 Å². The number of nitrogens with zero attached hydrogens (tertiary/aromatic N) is 2. The van der Waals surface area contributed by atoms with E-state index in [1.54, 1.807) is 0 Å². The molecule has 0 amide bonds. The van der Waals surface area contributed by atoms with Crippen LogP contribution < -0.4 is 52.1 Å². The Morgan fingerprint density at radius 3 is 1.57 bits per heavy atom. The molecule has 0 atom stereocenters. The zero-order valence-corrected chi connectivity index (χ0v) is 37.0. The maximum atomic E-state index is 7.02. The van der Waals surface area contributed by atoms with E-state index in [9.17, 15) is 0 Å². The van der Waals surface area contributed by atoms with Gasteiger partial charge in [-0.3, -0.25) is 0 Å². The summed E-state index contributed by atoms with van der Waals surface area (Å²) in [5.41, 5.74) is 18.5. The minimum atomic E-state index is -0.0751. The van der Waals surface area contributed by atoms with Gasteiger partial charge in [-0.05, 0) is 111 Å². The van der Waals surface area contributed by atoms with Gasteiger partial charge in [-0.25, -0.2) is 0 Å². The van der Waals surface area contributed by atoms with E-state index in [1.165, 1.54) is 42.6 Å². The quantitative estimate of drug-likeness (QED) is 0.155. The van der Waals surface area contributed by atoms with Crippen LogP contribution in [0.5, 0.6) is 23.0 Å². The molecule has 0 N–H and O–H groups in total. The van der Waals surface area contributed by atoms with E-state index in [0.29, 0.717) is 0 Å². The molecule has 0 spiro atoms. The molecule has 4 aliphatic rings. The van der Waals surface area contributed by atoms with E-state index in [-0.39, 0.29) is 13.4 Å². The Kier molecular flexibility index (Phi) is 8.68. The smallest absolute Gasteiger partial charge is 0.256 e. The number of benzene rings is 10. The van der Waals surface area contributed by atoms with Gasteiger partial charge in [0.2, 0.25) is 0 Å². The molecule has 67 heavy (non-hydrogen) atoms. The second-order valence-corrected chi connectivity index (χ2v) is 18.6. The molecule has 0 unspecified atom stereocenters. The fourth-order valence-corrected chi connectivity index (χ4v) is 12.1. The summed E-state index contributed by atoms with van der Waals surface area (Å²) >= 11 is 1.85. The van der Waals surface area contributed by atoms with Gasteiger partial charge < -0.3 is 19.3 Å². The number of ether oxygens (including phenoxy) is 2. The number of anilines is 6. The van der Waals surface area contributed by atoms with Crippen LogP contribution in [0.15, 0.2) is 240 Å². The molecule has 4 heterocycles. The predicted octanol–water partition coefficient (Wildman–Crippen LogP) is 12.0. The van der Waals surface area contributed by atoms with Crippen LogP contribution >= 0.6 is 11.8 Å². The lowest BCUT2D eigenvalue weighted by atomic mass is 9.31. The van der Waals surface area contributed by atoms with Gasteiger partial charge in [-0.2, -0.15) is 0 Å². The summed E-state index contributed by atoms with van der Waals surface area (Å²) < 4.78 is 14.0. The normalized spacial score (nSPS) is 13.2. The van der Waals surface area contributed by atoms with Crippen molar-refractivity contribution in [2.24, 2.45) is 0 Å². The molecule has 14 rings (SSSR count). The highest BCUT2D eigenvalue weighted by molar-refractivity contribution is 8.00. The first-order valence-electron chi connectivity index (χ1n) is 22.9. The monoisotopic (exact) mass is 872 g/mol. The third-order valence-electron chi connectivity index (χ3n) is 13.8. The molecule has 10 aromatic carbocycles. The summed E-state index contributed by atoms with van der Waals surface area (Å²) in [6.07, 6.45) is 0. The Hall–Kier alpha value is -8.12. The van der Waals surface area contributed by atoms with Crippen LogP contribution in [0.3, 0.4) is 0 Å². The van der Waals surface area contributed by atoms with Crippen molar-refractivity contribution in [1.29, 1.82) is 0 Å². The second-order valence-electron chi connectivity index (χ2n) is 17.6. The van der Waals surface area contributed by atoms with Crippen molar-refractivity contribution in [2.45, 2.75) is 9.79 Å². The van der Waals surface area contributed by atoms with Crippen molar-refractivity contribution in [2.75, 3.05) is 9.80 Å². The van der Waals surface area contributed by atoms with Crippen LogP contribution in [0, 0.1) is 0 Å². The molecule has 0 aliphatic carbocycles. The van der Waals surface area contributed by atoms with Gasteiger partial charge >= 0.3 is 0 Å². The van der Waals surface area contributed by atoms with Gasteiger partial charge in [0.05, 0.1) is 11.4 Å². The summed E-state index contributed by atoms with van der Waals surface area (Å²) in [5.74, 6) is 3.56. The van der Waals surface area contributed by atoms with E-state index in [4.69, 9.17) is 9.47 Å². The Balaban J connectivity index is 1.04. The highest BCUT2D eigenvalue weighted by atomic mass is 32.2. The molecule has 0 saturated carbocycles. The van der Waals surface area contributed by atoms with Crippen molar-refractivity contribution < 1.29 is 9.47 Å². The van der Waals surface area contributed by atoms with Gasteiger partial charge in [-0.1, -0.05) is 175 Å². The number of fused-ring (bicyclic) bond motifs is 8. The van der Waals surface area contributed by atoms with Crippen molar-refractivity contribution >= 4 is 92.1 Å². The van der Waals surface area contributed by atoms with Gasteiger partial charge in [0, 0.05) is 44.2 Å². The van der Waals surface area contributed by atoms with Crippen molar-refractivity contribution in [3.05, 3.63) is 231 Å². The number of hydrogen-bond donors (Lipinski definition) is 0. The van der Waals surface area contributed by atoms with Gasteiger partial charge in [0.15, 0.2) is 0 Å². The first kappa shape index (κ1) is 38.2.